The standard InChI is InChI=1S/C21H26N4O5/c1-5-29-20(26)18-17(12-25(3)11-15-10-13(2)30-24-15)22-21(27)23-19(18)14-6-8-16(28-4)9-7-14/h6-10,19H,5,11-12H2,1-4H3,(H2,22,23,27). The number of methoxy groups -OCH3 is 1. The van der Waals surface area contributed by atoms with Crippen molar-refractivity contribution < 1.29 is 23.6 Å². The van der Waals surface area contributed by atoms with Crippen LogP contribution in [0.3, 0.4) is 0 Å². The molecule has 1 atom stereocenters. The van der Waals surface area contributed by atoms with Crippen molar-refractivity contribution in [3.05, 3.63) is 58.6 Å². The molecule has 2 aromatic rings. The number of nitrogens with zero attached hydrogens (tertiary/aromatic N) is 2. The number of esters is 1. The van der Waals surface area contributed by atoms with Gasteiger partial charge in [0.05, 0.1) is 31.0 Å². The number of urea groups is 1. The van der Waals surface area contributed by atoms with E-state index in [2.05, 4.69) is 15.8 Å². The molecule has 9 heteroatoms. The number of benzene rings is 1. The Kier molecular flexibility index (Phi) is 6.73. The number of aryl methyl sites for hydroxylation is 1. The van der Waals surface area contributed by atoms with Gasteiger partial charge in [-0.25, -0.2) is 9.59 Å². The van der Waals surface area contributed by atoms with Gasteiger partial charge < -0.3 is 24.6 Å². The molecule has 0 aliphatic carbocycles. The summed E-state index contributed by atoms with van der Waals surface area (Å²) in [4.78, 5) is 27.1. The molecule has 0 radical (unpaired) electrons. The molecular weight excluding hydrogens is 388 g/mol. The van der Waals surface area contributed by atoms with Crippen LogP contribution >= 0.6 is 0 Å². The van der Waals surface area contributed by atoms with Crippen molar-refractivity contribution in [2.45, 2.75) is 26.4 Å². The maximum atomic E-state index is 12.8. The molecule has 9 nitrogen and oxygen atoms in total. The Balaban J connectivity index is 1.92. The van der Waals surface area contributed by atoms with Crippen molar-refractivity contribution in [1.29, 1.82) is 0 Å². The summed E-state index contributed by atoms with van der Waals surface area (Å²) in [5.41, 5.74) is 2.37. The van der Waals surface area contributed by atoms with Crippen LogP contribution in [0.25, 0.3) is 0 Å². The zero-order valence-electron chi connectivity index (χ0n) is 17.5. The van der Waals surface area contributed by atoms with E-state index in [0.29, 0.717) is 30.1 Å². The van der Waals surface area contributed by atoms with Gasteiger partial charge in [0.25, 0.3) is 0 Å². The van der Waals surface area contributed by atoms with Crippen LogP contribution < -0.4 is 15.4 Å². The highest BCUT2D eigenvalue weighted by Gasteiger charge is 2.34. The number of hydrogen-bond donors (Lipinski definition) is 2. The molecule has 2 heterocycles. The number of nitrogens with one attached hydrogen (secondary N) is 2. The van der Waals surface area contributed by atoms with E-state index in [4.69, 9.17) is 14.0 Å². The van der Waals surface area contributed by atoms with Crippen molar-refractivity contribution in [1.82, 2.24) is 20.7 Å². The normalized spacial score (nSPS) is 16.3. The highest BCUT2D eigenvalue weighted by atomic mass is 16.5. The number of hydrogen-bond acceptors (Lipinski definition) is 7. The van der Waals surface area contributed by atoms with Crippen molar-refractivity contribution >= 4 is 12.0 Å². The zero-order valence-corrected chi connectivity index (χ0v) is 17.5. The Hall–Kier alpha value is -3.33. The summed E-state index contributed by atoms with van der Waals surface area (Å²) in [5.74, 6) is 0.926. The maximum absolute atomic E-state index is 12.8. The van der Waals surface area contributed by atoms with E-state index in [0.717, 1.165) is 17.0 Å². The van der Waals surface area contributed by atoms with E-state index < -0.39 is 12.0 Å². The number of carbonyl (C=O) groups excluding carboxylic acids is 2. The number of likely N-dealkylation sites (N-methyl/N-ethyl adjacent to an activating group) is 1. The minimum absolute atomic E-state index is 0.229. The number of ether oxygens (including phenoxy) is 2. The van der Waals surface area contributed by atoms with Crippen LogP contribution in [0.1, 0.15) is 30.0 Å². The van der Waals surface area contributed by atoms with E-state index in [-0.39, 0.29) is 12.6 Å². The van der Waals surface area contributed by atoms with Gasteiger partial charge >= 0.3 is 12.0 Å². The fourth-order valence-corrected chi connectivity index (χ4v) is 3.33. The third kappa shape index (κ3) is 4.98. The molecule has 1 aromatic carbocycles. The summed E-state index contributed by atoms with van der Waals surface area (Å²) in [6.07, 6.45) is 0. The van der Waals surface area contributed by atoms with Crippen LogP contribution in [-0.4, -0.2) is 49.4 Å². The van der Waals surface area contributed by atoms with Crippen LogP contribution in [-0.2, 0) is 16.1 Å². The first-order chi connectivity index (χ1) is 14.4. The van der Waals surface area contributed by atoms with E-state index in [9.17, 15) is 9.59 Å². The summed E-state index contributed by atoms with van der Waals surface area (Å²) in [6.45, 7) is 4.61. The van der Waals surface area contributed by atoms with Crippen LogP contribution in [0.4, 0.5) is 4.79 Å². The van der Waals surface area contributed by atoms with E-state index >= 15 is 0 Å². The monoisotopic (exact) mass is 414 g/mol. The minimum Gasteiger partial charge on any atom is -0.497 e. The average Bonchev–Trinajstić information content (AvgIpc) is 3.12. The SMILES string of the molecule is CCOC(=O)C1=C(CN(C)Cc2cc(C)on2)NC(=O)NC1c1ccc(OC)cc1. The summed E-state index contributed by atoms with van der Waals surface area (Å²) in [5, 5.41) is 9.58. The lowest BCUT2D eigenvalue weighted by Gasteiger charge is -2.31. The van der Waals surface area contributed by atoms with E-state index in [1.54, 1.807) is 26.2 Å². The molecule has 2 amide bonds. The second kappa shape index (κ2) is 9.45. The Labute approximate surface area is 175 Å². The minimum atomic E-state index is -0.638. The van der Waals surface area contributed by atoms with Gasteiger partial charge in [0.2, 0.25) is 0 Å². The Morgan fingerprint density at radius 3 is 2.60 bits per heavy atom. The lowest BCUT2D eigenvalue weighted by atomic mass is 9.95. The molecule has 30 heavy (non-hydrogen) atoms. The molecule has 0 saturated heterocycles. The predicted molar refractivity (Wildman–Crippen MR) is 109 cm³/mol. The first kappa shape index (κ1) is 21.4. The van der Waals surface area contributed by atoms with Crippen molar-refractivity contribution in [2.75, 3.05) is 27.3 Å². The quantitative estimate of drug-likeness (QED) is 0.639. The smallest absolute Gasteiger partial charge is 0.338 e. The molecule has 0 bridgehead atoms. The number of carbonyl (C=O) groups is 2. The maximum Gasteiger partial charge on any atom is 0.338 e. The van der Waals surface area contributed by atoms with Gasteiger partial charge in [-0.1, -0.05) is 17.3 Å². The molecule has 3 rings (SSSR count). The van der Waals surface area contributed by atoms with Gasteiger partial charge in [0.1, 0.15) is 11.5 Å². The molecule has 1 aliphatic rings. The third-order valence-corrected chi connectivity index (χ3v) is 4.63. The van der Waals surface area contributed by atoms with Crippen LogP contribution in [0.15, 0.2) is 46.1 Å². The molecule has 2 N–H and O–H groups in total. The van der Waals surface area contributed by atoms with Gasteiger partial charge in [0, 0.05) is 24.9 Å². The first-order valence-electron chi connectivity index (χ1n) is 9.63. The van der Waals surface area contributed by atoms with E-state index in [1.807, 2.05) is 37.1 Å². The first-order valence-corrected chi connectivity index (χ1v) is 9.63. The molecule has 1 unspecified atom stereocenters. The van der Waals surface area contributed by atoms with Crippen molar-refractivity contribution in [3.63, 3.8) is 0 Å². The molecule has 0 fully saturated rings. The Bertz CT molecular complexity index is 935. The molecule has 1 aromatic heterocycles. The van der Waals surface area contributed by atoms with Gasteiger partial charge in [-0.15, -0.1) is 0 Å². The van der Waals surface area contributed by atoms with Crippen molar-refractivity contribution in [3.8, 4) is 5.75 Å². The van der Waals surface area contributed by atoms with E-state index in [1.165, 1.54) is 0 Å². The lowest BCUT2D eigenvalue weighted by molar-refractivity contribution is -0.139. The number of aromatic nitrogens is 1. The third-order valence-electron chi connectivity index (χ3n) is 4.63. The summed E-state index contributed by atoms with van der Waals surface area (Å²) in [7, 11) is 3.45. The lowest BCUT2D eigenvalue weighted by Crippen LogP contribution is -2.48. The Morgan fingerprint density at radius 2 is 2.00 bits per heavy atom. The second-order valence-electron chi connectivity index (χ2n) is 7.02. The highest BCUT2D eigenvalue weighted by molar-refractivity contribution is 5.95. The summed E-state index contributed by atoms with van der Waals surface area (Å²) in [6, 6.07) is 8.02. The summed E-state index contributed by atoms with van der Waals surface area (Å²) < 4.78 is 15.6. The zero-order chi connectivity index (χ0) is 21.7. The molecular formula is C21H26N4O5. The number of amides is 2. The van der Waals surface area contributed by atoms with Gasteiger partial charge in [0.15, 0.2) is 0 Å². The topological polar surface area (TPSA) is 106 Å². The summed E-state index contributed by atoms with van der Waals surface area (Å²) >= 11 is 0. The largest absolute Gasteiger partial charge is 0.497 e. The van der Waals surface area contributed by atoms with Crippen molar-refractivity contribution in [2.24, 2.45) is 0 Å². The Morgan fingerprint density at radius 1 is 1.27 bits per heavy atom. The second-order valence-corrected chi connectivity index (χ2v) is 7.02. The molecule has 0 saturated carbocycles. The fourth-order valence-electron chi connectivity index (χ4n) is 3.33. The number of rotatable bonds is 8. The average molecular weight is 414 g/mol. The van der Waals surface area contributed by atoms with Crippen LogP contribution in [0.5, 0.6) is 5.75 Å². The predicted octanol–water partition coefficient (Wildman–Crippen LogP) is 2.29. The van der Waals surface area contributed by atoms with Gasteiger partial charge in [-0.05, 0) is 38.6 Å². The van der Waals surface area contributed by atoms with Crippen LogP contribution in [0.2, 0.25) is 0 Å². The molecule has 1 aliphatic heterocycles. The molecule has 160 valence electrons. The van der Waals surface area contributed by atoms with Gasteiger partial charge in [-0.3, -0.25) is 4.90 Å². The fraction of sp³-hybridized carbons (Fsp3) is 0.381. The molecule has 0 spiro atoms. The van der Waals surface area contributed by atoms with Gasteiger partial charge in [-0.2, -0.15) is 0 Å². The highest BCUT2D eigenvalue weighted by Crippen LogP contribution is 2.29. The van der Waals surface area contributed by atoms with Crippen LogP contribution in [0, 0.1) is 6.92 Å².